The van der Waals surface area contributed by atoms with Crippen LogP contribution in [0, 0.1) is 0 Å². The van der Waals surface area contributed by atoms with E-state index < -0.39 is 6.09 Å². The summed E-state index contributed by atoms with van der Waals surface area (Å²) in [7, 11) is 0. The number of anilines is 1. The number of rotatable bonds is 1. The van der Waals surface area contributed by atoms with Crippen molar-refractivity contribution < 1.29 is 9.90 Å². The van der Waals surface area contributed by atoms with Crippen molar-refractivity contribution in [3.8, 4) is 0 Å². The topological polar surface area (TPSA) is 106 Å². The third-order valence-corrected chi connectivity index (χ3v) is 0.777. The first-order valence-corrected chi connectivity index (χ1v) is 2.36. The van der Waals surface area contributed by atoms with E-state index in [-0.39, 0.29) is 5.82 Å². The lowest BCUT2D eigenvalue weighted by Gasteiger charge is -1.98. The Balaban J connectivity index is 2.74. The lowest BCUT2D eigenvalue weighted by Crippen LogP contribution is -2.23. The van der Waals surface area contributed by atoms with E-state index >= 15 is 0 Å². The molecule has 0 spiro atoms. The van der Waals surface area contributed by atoms with Gasteiger partial charge in [0.25, 0.3) is 0 Å². The highest BCUT2D eigenvalue weighted by Gasteiger charge is 2.00. The van der Waals surface area contributed by atoms with Gasteiger partial charge >= 0.3 is 6.09 Å². The fourth-order valence-electron chi connectivity index (χ4n) is 0.420. The molecule has 1 heterocycles. The van der Waals surface area contributed by atoms with Gasteiger partial charge in [-0.1, -0.05) is 0 Å². The van der Waals surface area contributed by atoms with Gasteiger partial charge in [0.15, 0.2) is 5.82 Å². The fraction of sp³-hybridized carbons (Fsp3) is 0. The monoisotopic (exact) mass is 143 g/mol. The van der Waals surface area contributed by atoms with Crippen LogP contribution in [0.5, 0.6) is 0 Å². The van der Waals surface area contributed by atoms with Gasteiger partial charge in [0.1, 0.15) is 0 Å². The maximum absolute atomic E-state index is 9.96. The predicted octanol–water partition coefficient (Wildman–Crippen LogP) is -0.918. The minimum Gasteiger partial charge on any atom is -0.464 e. The SMILES string of the molecule is Nc1cnnn1NC(=O)O. The van der Waals surface area contributed by atoms with Crippen LogP contribution in [0.3, 0.4) is 0 Å². The highest BCUT2D eigenvalue weighted by atomic mass is 16.4. The number of nitrogens with two attached hydrogens (primary N) is 1. The number of hydrogen-bond acceptors (Lipinski definition) is 4. The second-order valence-electron chi connectivity index (χ2n) is 1.49. The normalized spacial score (nSPS) is 9.20. The largest absolute Gasteiger partial charge is 0.464 e. The Kier molecular flexibility index (Phi) is 1.40. The first-order chi connectivity index (χ1) is 4.70. The van der Waals surface area contributed by atoms with Crippen LogP contribution in [0.25, 0.3) is 0 Å². The molecule has 0 fully saturated rings. The number of nitrogens with one attached hydrogen (secondary N) is 1. The molecular formula is C3H5N5O2. The molecule has 0 aliphatic rings. The summed E-state index contributed by atoms with van der Waals surface area (Å²) in [6.07, 6.45) is -0.00662. The number of nitrogens with zero attached hydrogens (tertiary/aromatic N) is 3. The van der Waals surface area contributed by atoms with Crippen molar-refractivity contribution in [2.24, 2.45) is 0 Å². The molecule has 1 aromatic rings. The minimum absolute atomic E-state index is 0.141. The second kappa shape index (κ2) is 2.21. The first kappa shape index (κ1) is 6.33. The van der Waals surface area contributed by atoms with Crippen molar-refractivity contribution in [3.63, 3.8) is 0 Å². The third kappa shape index (κ3) is 1.13. The summed E-state index contributed by atoms with van der Waals surface area (Å²) in [6, 6.07) is 0. The van der Waals surface area contributed by atoms with Gasteiger partial charge in [0.05, 0.1) is 6.20 Å². The molecule has 0 saturated heterocycles. The summed E-state index contributed by atoms with van der Waals surface area (Å²) in [4.78, 5) is 10.8. The van der Waals surface area contributed by atoms with E-state index in [4.69, 9.17) is 10.8 Å². The van der Waals surface area contributed by atoms with Crippen LogP contribution in [0.4, 0.5) is 10.6 Å². The summed E-state index contributed by atoms with van der Waals surface area (Å²) >= 11 is 0. The number of nitrogen functional groups attached to an aromatic ring is 1. The second-order valence-corrected chi connectivity index (χ2v) is 1.49. The predicted molar refractivity (Wildman–Crippen MR) is 31.8 cm³/mol. The summed E-state index contributed by atoms with van der Waals surface area (Å²) < 4.78 is 0. The molecule has 7 heteroatoms. The van der Waals surface area contributed by atoms with E-state index in [2.05, 4.69) is 10.3 Å². The van der Waals surface area contributed by atoms with Crippen molar-refractivity contribution in [3.05, 3.63) is 6.20 Å². The van der Waals surface area contributed by atoms with Crippen LogP contribution in [0.2, 0.25) is 0 Å². The van der Waals surface area contributed by atoms with Crippen molar-refractivity contribution in [2.75, 3.05) is 11.2 Å². The van der Waals surface area contributed by atoms with Crippen molar-refractivity contribution in [1.82, 2.24) is 15.1 Å². The Morgan fingerprint density at radius 3 is 3.00 bits per heavy atom. The van der Waals surface area contributed by atoms with E-state index in [0.29, 0.717) is 0 Å². The van der Waals surface area contributed by atoms with Crippen molar-refractivity contribution in [2.45, 2.75) is 0 Å². The number of aromatic nitrogens is 3. The van der Waals surface area contributed by atoms with Gasteiger partial charge in [-0.15, -0.1) is 9.89 Å². The molecule has 0 unspecified atom stereocenters. The third-order valence-electron chi connectivity index (χ3n) is 0.777. The molecule has 54 valence electrons. The Hall–Kier alpha value is -1.79. The molecule has 1 rings (SSSR count). The standard InChI is InChI=1S/C3H5N5O2/c4-2-1-5-7-8(2)6-3(9)10/h1,6H,4H2,(H,9,10). The molecular weight excluding hydrogens is 138 g/mol. The van der Waals surface area contributed by atoms with Gasteiger partial charge in [0, 0.05) is 0 Å². The van der Waals surface area contributed by atoms with Crippen LogP contribution in [0.15, 0.2) is 6.20 Å². The zero-order valence-electron chi connectivity index (χ0n) is 4.85. The highest BCUT2D eigenvalue weighted by Crippen LogP contribution is 1.91. The van der Waals surface area contributed by atoms with E-state index in [0.717, 1.165) is 4.79 Å². The lowest BCUT2D eigenvalue weighted by atomic mass is 10.8. The Morgan fingerprint density at radius 1 is 1.90 bits per heavy atom. The quantitative estimate of drug-likeness (QED) is 0.471. The van der Waals surface area contributed by atoms with E-state index in [1.54, 1.807) is 0 Å². The Labute approximate surface area is 55.4 Å². The maximum atomic E-state index is 9.96. The van der Waals surface area contributed by atoms with E-state index in [1.165, 1.54) is 6.20 Å². The fourth-order valence-corrected chi connectivity index (χ4v) is 0.420. The summed E-state index contributed by atoms with van der Waals surface area (Å²) in [5, 5.41) is 14.8. The molecule has 0 aromatic carbocycles. The maximum Gasteiger partial charge on any atom is 0.425 e. The van der Waals surface area contributed by atoms with Crippen molar-refractivity contribution >= 4 is 11.9 Å². The zero-order valence-corrected chi connectivity index (χ0v) is 4.85. The molecule has 7 nitrogen and oxygen atoms in total. The number of hydrogen-bond donors (Lipinski definition) is 3. The molecule has 10 heavy (non-hydrogen) atoms. The molecule has 0 radical (unpaired) electrons. The molecule has 0 aliphatic carbocycles. The number of carbonyl (C=O) groups is 1. The van der Waals surface area contributed by atoms with E-state index in [9.17, 15) is 4.79 Å². The minimum atomic E-state index is -1.24. The van der Waals surface area contributed by atoms with Crippen LogP contribution >= 0.6 is 0 Å². The number of amides is 1. The van der Waals surface area contributed by atoms with Crippen molar-refractivity contribution in [1.29, 1.82) is 0 Å². The average Bonchev–Trinajstić information content (AvgIpc) is 2.15. The summed E-state index contributed by atoms with van der Waals surface area (Å²) in [5.41, 5.74) is 7.09. The van der Waals surface area contributed by atoms with Crippen LogP contribution in [0.1, 0.15) is 0 Å². The zero-order chi connectivity index (χ0) is 7.56. The van der Waals surface area contributed by atoms with Gasteiger partial charge in [-0.25, -0.2) is 10.2 Å². The van der Waals surface area contributed by atoms with Gasteiger partial charge < -0.3 is 10.8 Å². The molecule has 1 aromatic heterocycles. The number of carboxylic acid groups (broad SMARTS) is 1. The lowest BCUT2D eigenvalue weighted by molar-refractivity contribution is 0.205. The summed E-state index contributed by atoms with van der Waals surface area (Å²) in [5.74, 6) is 0.141. The molecule has 1 amide bonds. The molecule has 0 atom stereocenters. The average molecular weight is 143 g/mol. The Morgan fingerprint density at radius 2 is 2.60 bits per heavy atom. The van der Waals surface area contributed by atoms with Gasteiger partial charge in [-0.2, -0.15) is 0 Å². The van der Waals surface area contributed by atoms with Crippen LogP contribution in [-0.4, -0.2) is 26.3 Å². The highest BCUT2D eigenvalue weighted by molar-refractivity contribution is 5.73. The first-order valence-electron chi connectivity index (χ1n) is 2.36. The molecule has 0 bridgehead atoms. The Bertz CT molecular complexity index is 243. The smallest absolute Gasteiger partial charge is 0.425 e. The molecule has 4 N–H and O–H groups in total. The summed E-state index contributed by atoms with van der Waals surface area (Å²) in [6.45, 7) is 0. The van der Waals surface area contributed by atoms with E-state index in [1.807, 2.05) is 5.43 Å². The van der Waals surface area contributed by atoms with Gasteiger partial charge in [-0.05, 0) is 5.21 Å². The molecule has 0 aliphatic heterocycles. The molecule has 0 saturated carbocycles. The van der Waals surface area contributed by atoms with Gasteiger partial charge in [0.2, 0.25) is 0 Å². The van der Waals surface area contributed by atoms with Crippen LogP contribution < -0.4 is 11.2 Å². The van der Waals surface area contributed by atoms with Gasteiger partial charge in [-0.3, -0.25) is 0 Å². The van der Waals surface area contributed by atoms with Crippen LogP contribution in [-0.2, 0) is 0 Å².